The van der Waals surface area contributed by atoms with Crippen LogP contribution in [0.5, 0.6) is 0 Å². The number of nitrogens with zero attached hydrogens (tertiary/aromatic N) is 4. The van der Waals surface area contributed by atoms with E-state index in [2.05, 4.69) is 20.7 Å². The van der Waals surface area contributed by atoms with Gasteiger partial charge < -0.3 is 4.42 Å². The van der Waals surface area contributed by atoms with Crippen LogP contribution < -0.4 is 5.43 Å². The van der Waals surface area contributed by atoms with Gasteiger partial charge in [0.2, 0.25) is 0 Å². The van der Waals surface area contributed by atoms with Crippen LogP contribution in [-0.4, -0.2) is 32.6 Å². The molecular formula is C23H18ClN5O2S. The minimum Gasteiger partial charge on any atom is -0.465 e. The van der Waals surface area contributed by atoms with Gasteiger partial charge in [-0.25, -0.2) is 5.43 Å². The molecule has 1 N–H and O–H groups in total. The van der Waals surface area contributed by atoms with Crippen molar-refractivity contribution in [3.05, 3.63) is 89.9 Å². The van der Waals surface area contributed by atoms with Crippen LogP contribution in [0.15, 0.2) is 93.7 Å². The van der Waals surface area contributed by atoms with Crippen molar-refractivity contribution in [2.45, 2.75) is 5.16 Å². The third-order valence-electron chi connectivity index (χ3n) is 4.24. The fourth-order valence-electron chi connectivity index (χ4n) is 2.80. The van der Waals surface area contributed by atoms with Crippen molar-refractivity contribution in [2.75, 3.05) is 5.75 Å². The van der Waals surface area contributed by atoms with Crippen LogP contribution in [0.25, 0.3) is 23.2 Å². The number of allylic oxidation sites excluding steroid dienone is 1. The number of rotatable bonds is 8. The van der Waals surface area contributed by atoms with E-state index in [1.165, 1.54) is 18.0 Å². The summed E-state index contributed by atoms with van der Waals surface area (Å²) in [5.74, 6) is 1.24. The Balaban J connectivity index is 1.45. The summed E-state index contributed by atoms with van der Waals surface area (Å²) in [6, 6.07) is 20.7. The standard InChI is InChI=1S/C23H18ClN5O2S/c24-18-12-10-17(11-13-18)22-27-28-23(29(22)19-6-2-1-3-7-19)32-16-21(30)26-25-14-4-8-20-9-5-15-31-20/h1-15H,16H2,(H,26,30). The Labute approximate surface area is 193 Å². The van der Waals surface area contributed by atoms with Gasteiger partial charge in [0.1, 0.15) is 5.76 Å². The molecule has 0 saturated carbocycles. The first kappa shape index (κ1) is 21.6. The lowest BCUT2D eigenvalue weighted by atomic mass is 10.2. The maximum Gasteiger partial charge on any atom is 0.250 e. The molecule has 160 valence electrons. The van der Waals surface area contributed by atoms with Gasteiger partial charge >= 0.3 is 0 Å². The molecule has 0 unspecified atom stereocenters. The highest BCUT2D eigenvalue weighted by atomic mass is 35.5. The second-order valence-corrected chi connectivity index (χ2v) is 7.84. The fraction of sp³-hybridized carbons (Fsp3) is 0.0435. The number of carbonyl (C=O) groups is 1. The van der Waals surface area contributed by atoms with E-state index in [4.69, 9.17) is 16.0 Å². The first-order valence-corrected chi connectivity index (χ1v) is 11.0. The van der Waals surface area contributed by atoms with Crippen LogP contribution in [0.3, 0.4) is 0 Å². The third kappa shape index (κ3) is 5.54. The SMILES string of the molecule is O=C(CSc1nnc(-c2ccc(Cl)cc2)n1-c1ccccc1)NN=CC=Cc1ccco1. The van der Waals surface area contributed by atoms with E-state index in [-0.39, 0.29) is 11.7 Å². The molecule has 0 aliphatic heterocycles. The number of hydrogen-bond donors (Lipinski definition) is 1. The van der Waals surface area contributed by atoms with E-state index in [0.717, 1.165) is 11.3 Å². The zero-order valence-corrected chi connectivity index (χ0v) is 18.3. The van der Waals surface area contributed by atoms with Gasteiger partial charge in [-0.3, -0.25) is 9.36 Å². The molecule has 0 bridgehead atoms. The molecule has 1 amide bonds. The van der Waals surface area contributed by atoms with Crippen LogP contribution >= 0.6 is 23.4 Å². The van der Waals surface area contributed by atoms with Crippen molar-refractivity contribution >= 4 is 41.6 Å². The van der Waals surface area contributed by atoms with Crippen molar-refractivity contribution < 1.29 is 9.21 Å². The largest absolute Gasteiger partial charge is 0.465 e. The van der Waals surface area contributed by atoms with Crippen molar-refractivity contribution in [3.8, 4) is 17.1 Å². The number of furan rings is 1. The van der Waals surface area contributed by atoms with Crippen molar-refractivity contribution in [2.24, 2.45) is 5.10 Å². The maximum absolute atomic E-state index is 12.2. The van der Waals surface area contributed by atoms with Gasteiger partial charge in [0.25, 0.3) is 5.91 Å². The fourth-order valence-corrected chi connectivity index (χ4v) is 3.67. The number of hydrogen-bond acceptors (Lipinski definition) is 6. The molecule has 0 fully saturated rings. The predicted octanol–water partition coefficient (Wildman–Crippen LogP) is 5.09. The van der Waals surface area contributed by atoms with Crippen molar-refractivity contribution in [1.29, 1.82) is 0 Å². The molecule has 2 aromatic heterocycles. The molecule has 2 aromatic carbocycles. The topological polar surface area (TPSA) is 85.3 Å². The number of para-hydroxylation sites is 1. The van der Waals surface area contributed by atoms with Crippen LogP contribution in [0.4, 0.5) is 0 Å². The van der Waals surface area contributed by atoms with E-state index < -0.39 is 0 Å². The van der Waals surface area contributed by atoms with E-state index in [1.807, 2.05) is 53.1 Å². The average Bonchev–Trinajstić information content (AvgIpc) is 3.48. The maximum atomic E-state index is 12.2. The number of amides is 1. The average molecular weight is 464 g/mol. The van der Waals surface area contributed by atoms with E-state index >= 15 is 0 Å². The smallest absolute Gasteiger partial charge is 0.250 e. The van der Waals surface area contributed by atoms with Crippen LogP contribution in [0.2, 0.25) is 5.02 Å². The molecule has 4 rings (SSSR count). The van der Waals surface area contributed by atoms with Crippen LogP contribution in [0, 0.1) is 0 Å². The molecule has 7 nitrogen and oxygen atoms in total. The molecule has 0 radical (unpaired) electrons. The molecule has 0 saturated heterocycles. The molecule has 32 heavy (non-hydrogen) atoms. The summed E-state index contributed by atoms with van der Waals surface area (Å²) in [5.41, 5.74) is 4.26. The second-order valence-electron chi connectivity index (χ2n) is 6.46. The zero-order chi connectivity index (χ0) is 22.2. The summed E-state index contributed by atoms with van der Waals surface area (Å²) in [5, 5.41) is 13.8. The number of benzene rings is 2. The van der Waals surface area contributed by atoms with Gasteiger partial charge in [-0.05, 0) is 60.7 Å². The monoisotopic (exact) mass is 463 g/mol. The lowest BCUT2D eigenvalue weighted by molar-refractivity contribution is -0.118. The van der Waals surface area contributed by atoms with Crippen LogP contribution in [0.1, 0.15) is 5.76 Å². The molecule has 2 heterocycles. The Bertz CT molecular complexity index is 1220. The Morgan fingerprint density at radius 1 is 1.09 bits per heavy atom. The first-order valence-electron chi connectivity index (χ1n) is 9.62. The van der Waals surface area contributed by atoms with E-state index in [9.17, 15) is 4.79 Å². The summed E-state index contributed by atoms with van der Waals surface area (Å²) in [6.07, 6.45) is 6.49. The molecule has 0 atom stereocenters. The summed E-state index contributed by atoms with van der Waals surface area (Å²) in [6.45, 7) is 0. The number of thioether (sulfide) groups is 1. The van der Waals surface area contributed by atoms with Crippen LogP contribution in [-0.2, 0) is 4.79 Å². The first-order chi connectivity index (χ1) is 15.7. The zero-order valence-electron chi connectivity index (χ0n) is 16.8. The number of hydrazone groups is 1. The predicted molar refractivity (Wildman–Crippen MR) is 127 cm³/mol. The summed E-state index contributed by atoms with van der Waals surface area (Å²) in [4.78, 5) is 12.2. The Morgan fingerprint density at radius 2 is 1.91 bits per heavy atom. The molecule has 4 aromatic rings. The van der Waals surface area contributed by atoms with Gasteiger partial charge in [0.05, 0.1) is 12.0 Å². The number of aromatic nitrogens is 3. The molecule has 9 heteroatoms. The van der Waals surface area contributed by atoms with Gasteiger partial charge in [-0.1, -0.05) is 41.6 Å². The van der Waals surface area contributed by atoms with Gasteiger partial charge in [0, 0.05) is 22.5 Å². The number of carbonyl (C=O) groups excluding carboxylic acids is 1. The summed E-state index contributed by atoms with van der Waals surface area (Å²) < 4.78 is 7.09. The molecule has 0 spiro atoms. The van der Waals surface area contributed by atoms with E-state index in [1.54, 1.807) is 36.6 Å². The molecular weight excluding hydrogens is 446 g/mol. The Kier molecular flexibility index (Phi) is 7.16. The number of nitrogens with one attached hydrogen (secondary N) is 1. The van der Waals surface area contributed by atoms with Gasteiger partial charge in [0.15, 0.2) is 11.0 Å². The van der Waals surface area contributed by atoms with Crippen molar-refractivity contribution in [1.82, 2.24) is 20.2 Å². The minimum atomic E-state index is -0.256. The quantitative estimate of drug-likeness (QED) is 0.223. The lowest BCUT2D eigenvalue weighted by Crippen LogP contribution is -2.19. The normalized spacial score (nSPS) is 11.4. The Hall–Kier alpha value is -3.62. The molecule has 0 aliphatic rings. The molecule has 0 aliphatic carbocycles. The highest BCUT2D eigenvalue weighted by Crippen LogP contribution is 2.28. The van der Waals surface area contributed by atoms with Crippen molar-refractivity contribution in [3.63, 3.8) is 0 Å². The number of halogens is 1. The summed E-state index contributed by atoms with van der Waals surface area (Å²) in [7, 11) is 0. The minimum absolute atomic E-state index is 0.130. The van der Waals surface area contributed by atoms with Gasteiger partial charge in [-0.2, -0.15) is 5.10 Å². The highest BCUT2D eigenvalue weighted by molar-refractivity contribution is 7.99. The highest BCUT2D eigenvalue weighted by Gasteiger charge is 2.17. The lowest BCUT2D eigenvalue weighted by Gasteiger charge is -2.10. The summed E-state index contributed by atoms with van der Waals surface area (Å²) >= 11 is 7.30. The Morgan fingerprint density at radius 3 is 2.66 bits per heavy atom. The second kappa shape index (κ2) is 10.6. The van der Waals surface area contributed by atoms with E-state index in [0.29, 0.717) is 21.8 Å². The van der Waals surface area contributed by atoms with Gasteiger partial charge in [-0.15, -0.1) is 10.2 Å². The third-order valence-corrected chi connectivity index (χ3v) is 5.42.